The molecule has 0 bridgehead atoms. The van der Waals surface area contributed by atoms with E-state index in [1.807, 2.05) is 23.1 Å². The van der Waals surface area contributed by atoms with E-state index in [0.29, 0.717) is 29.1 Å². The molecule has 0 amide bonds. The van der Waals surface area contributed by atoms with Gasteiger partial charge in [-0.15, -0.1) is 0 Å². The number of fused-ring (bicyclic) bond motifs is 1. The number of aliphatic hydroxyl groups excluding tert-OH is 1. The second-order valence-electron chi connectivity index (χ2n) is 9.30. The number of aryl methyl sites for hydroxylation is 1. The van der Waals surface area contributed by atoms with Gasteiger partial charge in [-0.25, -0.2) is 17.2 Å². The number of rotatable bonds is 4. The molecule has 2 aliphatic heterocycles. The zero-order valence-electron chi connectivity index (χ0n) is 19.4. The third-order valence-electron chi connectivity index (χ3n) is 7.24. The van der Waals surface area contributed by atoms with Crippen LogP contribution in [0.3, 0.4) is 0 Å². The Morgan fingerprint density at radius 3 is 2.37 bits per heavy atom. The van der Waals surface area contributed by atoms with E-state index in [0.717, 1.165) is 24.5 Å². The van der Waals surface area contributed by atoms with Crippen molar-refractivity contribution in [3.63, 3.8) is 0 Å². The lowest BCUT2D eigenvalue weighted by atomic mass is 9.79. The van der Waals surface area contributed by atoms with Crippen molar-refractivity contribution in [3.05, 3.63) is 89.5 Å². The Balaban J connectivity index is 1.42. The molecule has 2 aliphatic rings. The molecule has 5 rings (SSSR count). The Kier molecular flexibility index (Phi) is 6.48. The largest absolute Gasteiger partial charge is 0.378 e. The predicted molar refractivity (Wildman–Crippen MR) is 130 cm³/mol. The van der Waals surface area contributed by atoms with Crippen LogP contribution in [-0.2, 0) is 10.0 Å². The Labute approximate surface area is 204 Å². The summed E-state index contributed by atoms with van der Waals surface area (Å²) >= 11 is 0. The van der Waals surface area contributed by atoms with Gasteiger partial charge in [0.25, 0.3) is 0 Å². The molecule has 3 atom stereocenters. The van der Waals surface area contributed by atoms with Gasteiger partial charge in [0, 0.05) is 37.2 Å². The van der Waals surface area contributed by atoms with Gasteiger partial charge in [0.2, 0.25) is 10.0 Å². The number of hydrogen-bond donors (Lipinski definition) is 1. The van der Waals surface area contributed by atoms with Gasteiger partial charge in [-0.2, -0.15) is 4.31 Å². The minimum atomic E-state index is -3.68. The first-order valence-electron chi connectivity index (χ1n) is 11.8. The third kappa shape index (κ3) is 4.29. The van der Waals surface area contributed by atoms with Crippen molar-refractivity contribution >= 4 is 10.0 Å². The first-order chi connectivity index (χ1) is 16.8. The summed E-state index contributed by atoms with van der Waals surface area (Å²) in [5.41, 5.74) is 2.26. The molecule has 8 heteroatoms. The van der Waals surface area contributed by atoms with E-state index in [9.17, 15) is 22.3 Å². The van der Waals surface area contributed by atoms with Crippen LogP contribution in [0.15, 0.2) is 71.6 Å². The topological polar surface area (TPSA) is 60.9 Å². The van der Waals surface area contributed by atoms with E-state index >= 15 is 0 Å². The predicted octanol–water partition coefficient (Wildman–Crippen LogP) is 4.51. The van der Waals surface area contributed by atoms with E-state index in [2.05, 4.69) is 0 Å². The maximum atomic E-state index is 14.2. The number of halogens is 2. The molecule has 2 fully saturated rings. The van der Waals surface area contributed by atoms with Crippen molar-refractivity contribution in [2.75, 3.05) is 19.6 Å². The van der Waals surface area contributed by atoms with Crippen LogP contribution >= 0.6 is 0 Å². The number of benzene rings is 3. The fraction of sp³-hybridized carbons (Fsp3) is 0.333. The zero-order valence-corrected chi connectivity index (χ0v) is 20.3. The number of nitrogens with zero attached hydrogens (tertiary/aromatic N) is 2. The average molecular weight is 499 g/mol. The summed E-state index contributed by atoms with van der Waals surface area (Å²) in [7, 11) is -3.68. The standard InChI is InChI=1S/C27H28F2N2O3S/c1-18-7-2-3-10-24(18)35(33,34)30-15-4-5-16-31-23(17-30)25(27(31)32)20-13-11-19(12-14-20)21-8-6-9-22(28)26(21)29/h2-3,6-14,23,25,27,32H,4-5,15-17H2,1H3/t23-,25-,27+/m0/s1. The molecule has 0 aromatic heterocycles. The first-order valence-corrected chi connectivity index (χ1v) is 13.3. The molecule has 0 radical (unpaired) electrons. The summed E-state index contributed by atoms with van der Waals surface area (Å²) in [6.45, 7) is 3.20. The van der Waals surface area contributed by atoms with Gasteiger partial charge in [-0.05, 0) is 48.6 Å². The quantitative estimate of drug-likeness (QED) is 0.575. The number of hydrogen-bond acceptors (Lipinski definition) is 4. The molecule has 3 aromatic rings. The monoisotopic (exact) mass is 498 g/mol. The second kappa shape index (κ2) is 9.43. The van der Waals surface area contributed by atoms with Crippen molar-refractivity contribution in [1.29, 1.82) is 0 Å². The minimum Gasteiger partial charge on any atom is -0.378 e. The highest BCUT2D eigenvalue weighted by Crippen LogP contribution is 2.42. The molecular weight excluding hydrogens is 470 g/mol. The van der Waals surface area contributed by atoms with Crippen molar-refractivity contribution in [1.82, 2.24) is 9.21 Å². The lowest BCUT2D eigenvalue weighted by Crippen LogP contribution is -2.66. The molecule has 184 valence electrons. The maximum absolute atomic E-state index is 14.2. The fourth-order valence-electron chi connectivity index (χ4n) is 5.31. The van der Waals surface area contributed by atoms with Gasteiger partial charge in [0.15, 0.2) is 11.6 Å². The van der Waals surface area contributed by atoms with Gasteiger partial charge >= 0.3 is 0 Å². The minimum absolute atomic E-state index is 0.175. The Hall–Kier alpha value is -2.65. The van der Waals surface area contributed by atoms with Crippen LogP contribution < -0.4 is 0 Å². The van der Waals surface area contributed by atoms with E-state index in [-0.39, 0.29) is 24.1 Å². The van der Waals surface area contributed by atoms with Crippen molar-refractivity contribution in [2.24, 2.45) is 0 Å². The first kappa shape index (κ1) is 24.1. The molecule has 35 heavy (non-hydrogen) atoms. The molecule has 3 aromatic carbocycles. The van der Waals surface area contributed by atoms with Crippen molar-refractivity contribution in [2.45, 2.75) is 42.8 Å². The number of sulfonamides is 1. The van der Waals surface area contributed by atoms with Crippen LogP contribution in [-0.4, -0.2) is 54.6 Å². The van der Waals surface area contributed by atoms with Crippen molar-refractivity contribution in [3.8, 4) is 11.1 Å². The van der Waals surface area contributed by atoms with Gasteiger partial charge < -0.3 is 5.11 Å². The molecule has 2 saturated heterocycles. The highest BCUT2D eigenvalue weighted by atomic mass is 32.2. The summed E-state index contributed by atoms with van der Waals surface area (Å²) in [5, 5.41) is 10.9. The Morgan fingerprint density at radius 2 is 1.63 bits per heavy atom. The Bertz CT molecular complexity index is 1330. The molecule has 0 saturated carbocycles. The molecule has 0 spiro atoms. The van der Waals surface area contributed by atoms with E-state index in [4.69, 9.17) is 0 Å². The fourth-order valence-corrected chi connectivity index (χ4v) is 7.04. The Morgan fingerprint density at radius 1 is 0.914 bits per heavy atom. The molecule has 2 heterocycles. The lowest BCUT2D eigenvalue weighted by Gasteiger charge is -2.55. The van der Waals surface area contributed by atoms with Crippen LogP contribution in [0.4, 0.5) is 8.78 Å². The summed E-state index contributed by atoms with van der Waals surface area (Å²) in [6.07, 6.45) is 0.787. The molecular formula is C27H28F2N2O3S. The molecule has 1 N–H and O–H groups in total. The SMILES string of the molecule is Cc1ccccc1S(=O)(=O)N1CCCCN2[C@H](O)[C@@H](c3ccc(-c4cccc(F)c4F)cc3)[C@@H]2C1. The smallest absolute Gasteiger partial charge is 0.243 e. The highest BCUT2D eigenvalue weighted by molar-refractivity contribution is 7.89. The maximum Gasteiger partial charge on any atom is 0.243 e. The van der Waals surface area contributed by atoms with Crippen LogP contribution in [0.2, 0.25) is 0 Å². The van der Waals surface area contributed by atoms with Crippen LogP contribution in [0.1, 0.15) is 29.9 Å². The van der Waals surface area contributed by atoms with Gasteiger partial charge in [0.05, 0.1) is 4.90 Å². The van der Waals surface area contributed by atoms with E-state index in [1.165, 1.54) is 12.1 Å². The van der Waals surface area contributed by atoms with Gasteiger partial charge in [0.1, 0.15) is 6.23 Å². The lowest BCUT2D eigenvalue weighted by molar-refractivity contribution is -0.148. The summed E-state index contributed by atoms with van der Waals surface area (Å²) in [5.74, 6) is -2.08. The van der Waals surface area contributed by atoms with E-state index in [1.54, 1.807) is 41.6 Å². The summed E-state index contributed by atoms with van der Waals surface area (Å²) in [6, 6.07) is 17.9. The van der Waals surface area contributed by atoms with Crippen molar-refractivity contribution < 1.29 is 22.3 Å². The molecule has 5 nitrogen and oxygen atoms in total. The van der Waals surface area contributed by atoms with Crippen LogP contribution in [0.5, 0.6) is 0 Å². The van der Waals surface area contributed by atoms with Gasteiger partial charge in [-0.3, -0.25) is 4.90 Å². The highest BCUT2D eigenvalue weighted by Gasteiger charge is 2.50. The third-order valence-corrected chi connectivity index (χ3v) is 9.26. The van der Waals surface area contributed by atoms with Crippen LogP contribution in [0.25, 0.3) is 11.1 Å². The van der Waals surface area contributed by atoms with Gasteiger partial charge in [-0.1, -0.05) is 54.6 Å². The molecule has 0 unspecified atom stereocenters. The van der Waals surface area contributed by atoms with E-state index < -0.39 is 27.9 Å². The normalized spacial score (nSPS) is 23.7. The average Bonchev–Trinajstić information content (AvgIpc) is 2.83. The second-order valence-corrected chi connectivity index (χ2v) is 11.2. The molecule has 0 aliphatic carbocycles. The van der Waals surface area contributed by atoms with Crippen LogP contribution in [0, 0.1) is 18.6 Å². The summed E-state index contributed by atoms with van der Waals surface area (Å²) in [4.78, 5) is 2.27. The zero-order chi connectivity index (χ0) is 24.7. The number of aliphatic hydroxyl groups is 1. The summed E-state index contributed by atoms with van der Waals surface area (Å²) < 4.78 is 56.5.